The first kappa shape index (κ1) is 14.2. The summed E-state index contributed by atoms with van der Waals surface area (Å²) in [6.07, 6.45) is 8.24. The topological polar surface area (TPSA) is 37.0 Å². The smallest absolute Gasteiger partial charge is 0.0547 e. The van der Waals surface area contributed by atoms with E-state index in [9.17, 15) is 0 Å². The summed E-state index contributed by atoms with van der Waals surface area (Å²) in [4.78, 5) is 4.20. The molecule has 0 atom stereocenters. The van der Waals surface area contributed by atoms with E-state index in [2.05, 4.69) is 41.8 Å². The first-order valence-corrected chi connectivity index (χ1v) is 7.34. The van der Waals surface area contributed by atoms with Crippen LogP contribution < -0.4 is 10.6 Å². The number of thioether (sulfide) groups is 1. The zero-order valence-corrected chi connectivity index (χ0v) is 12.0. The summed E-state index contributed by atoms with van der Waals surface area (Å²) in [5, 5.41) is 6.59. The van der Waals surface area contributed by atoms with Gasteiger partial charge in [-0.25, -0.2) is 0 Å². The van der Waals surface area contributed by atoms with Crippen molar-refractivity contribution in [1.82, 2.24) is 4.98 Å². The number of hydrogen-bond donors (Lipinski definition) is 2. The summed E-state index contributed by atoms with van der Waals surface area (Å²) in [5.74, 6) is 0. The third-order valence-corrected chi connectivity index (χ3v) is 4.95. The van der Waals surface area contributed by atoms with Gasteiger partial charge >= 0.3 is 0 Å². The molecule has 2 N–H and O–H groups in total. The van der Waals surface area contributed by atoms with Crippen molar-refractivity contribution in [2.45, 2.75) is 31.4 Å². The molecule has 1 aromatic heterocycles. The number of rotatable bonds is 7. The van der Waals surface area contributed by atoms with Gasteiger partial charge in [-0.2, -0.15) is 11.8 Å². The van der Waals surface area contributed by atoms with E-state index in [1.54, 1.807) is 0 Å². The summed E-state index contributed by atoms with van der Waals surface area (Å²) < 4.78 is 0.329. The van der Waals surface area contributed by atoms with Crippen molar-refractivity contribution in [3.8, 4) is 0 Å². The standard InChI is InChI=1S/C13H23N3S/c1-5-13(6-2,17-4)10-16-12-7-11(14-3)8-15-9-12/h7-9,14,16H,5-6,10H2,1-4H3. The second kappa shape index (κ2) is 6.74. The molecule has 0 amide bonds. The van der Waals surface area contributed by atoms with E-state index < -0.39 is 0 Å². The molecule has 0 saturated heterocycles. The summed E-state index contributed by atoms with van der Waals surface area (Å²) in [6, 6.07) is 2.09. The number of aromatic nitrogens is 1. The van der Waals surface area contributed by atoms with Crippen LogP contribution >= 0.6 is 11.8 Å². The minimum Gasteiger partial charge on any atom is -0.387 e. The van der Waals surface area contributed by atoms with E-state index in [4.69, 9.17) is 0 Å². The number of pyridine rings is 1. The van der Waals surface area contributed by atoms with Crippen molar-refractivity contribution in [3.63, 3.8) is 0 Å². The second-order valence-corrected chi connectivity index (χ2v) is 5.43. The van der Waals surface area contributed by atoms with Crippen LogP contribution in [0, 0.1) is 0 Å². The average Bonchev–Trinajstić information content (AvgIpc) is 2.41. The zero-order valence-electron chi connectivity index (χ0n) is 11.2. The Morgan fingerprint density at radius 2 is 1.88 bits per heavy atom. The van der Waals surface area contributed by atoms with Gasteiger partial charge in [0.2, 0.25) is 0 Å². The van der Waals surface area contributed by atoms with Gasteiger partial charge in [0.15, 0.2) is 0 Å². The second-order valence-electron chi connectivity index (χ2n) is 4.16. The molecule has 96 valence electrons. The first-order valence-electron chi connectivity index (χ1n) is 6.11. The van der Waals surface area contributed by atoms with Crippen LogP contribution in [0.1, 0.15) is 26.7 Å². The molecule has 0 fully saturated rings. The quantitative estimate of drug-likeness (QED) is 0.780. The lowest BCUT2D eigenvalue weighted by Gasteiger charge is -2.30. The van der Waals surface area contributed by atoms with E-state index in [0.717, 1.165) is 17.9 Å². The summed E-state index contributed by atoms with van der Waals surface area (Å²) in [7, 11) is 1.91. The van der Waals surface area contributed by atoms with Gasteiger partial charge in [0.05, 0.1) is 23.8 Å². The summed E-state index contributed by atoms with van der Waals surface area (Å²) >= 11 is 1.95. The molecule has 3 nitrogen and oxygen atoms in total. The summed E-state index contributed by atoms with van der Waals surface area (Å²) in [6.45, 7) is 5.49. The first-order chi connectivity index (χ1) is 8.19. The normalized spacial score (nSPS) is 11.3. The maximum absolute atomic E-state index is 4.20. The van der Waals surface area contributed by atoms with Gasteiger partial charge in [-0.05, 0) is 25.2 Å². The molecule has 0 aliphatic carbocycles. The molecule has 0 aliphatic rings. The monoisotopic (exact) mass is 253 g/mol. The third kappa shape index (κ3) is 3.80. The van der Waals surface area contributed by atoms with Crippen LogP contribution in [-0.2, 0) is 0 Å². The predicted octanol–water partition coefficient (Wildman–Crippen LogP) is 3.46. The van der Waals surface area contributed by atoms with Crippen LogP contribution in [-0.4, -0.2) is 29.6 Å². The average molecular weight is 253 g/mol. The summed E-state index contributed by atoms with van der Waals surface area (Å²) in [5.41, 5.74) is 2.12. The third-order valence-electron chi connectivity index (χ3n) is 3.36. The van der Waals surface area contributed by atoms with Crippen molar-refractivity contribution < 1.29 is 0 Å². The molecule has 4 heteroatoms. The van der Waals surface area contributed by atoms with Crippen LogP contribution in [0.2, 0.25) is 0 Å². The predicted molar refractivity (Wildman–Crippen MR) is 79.1 cm³/mol. The Bertz CT molecular complexity index is 329. The van der Waals surface area contributed by atoms with Crippen molar-refractivity contribution in [1.29, 1.82) is 0 Å². The van der Waals surface area contributed by atoms with Gasteiger partial charge in [-0.15, -0.1) is 0 Å². The van der Waals surface area contributed by atoms with Crippen LogP contribution in [0.15, 0.2) is 18.5 Å². The molecule has 0 bridgehead atoms. The fraction of sp³-hybridized carbons (Fsp3) is 0.615. The molecule has 0 radical (unpaired) electrons. The molecule has 1 heterocycles. The number of nitrogens with zero attached hydrogens (tertiary/aromatic N) is 1. The Labute approximate surface area is 109 Å². The van der Waals surface area contributed by atoms with Gasteiger partial charge in [0.25, 0.3) is 0 Å². The number of anilines is 2. The van der Waals surface area contributed by atoms with Crippen molar-refractivity contribution in [2.24, 2.45) is 0 Å². The van der Waals surface area contributed by atoms with Crippen LogP contribution in [0.5, 0.6) is 0 Å². The zero-order chi connectivity index (χ0) is 12.7. The highest BCUT2D eigenvalue weighted by Crippen LogP contribution is 2.30. The Morgan fingerprint density at radius 3 is 2.41 bits per heavy atom. The fourth-order valence-corrected chi connectivity index (χ4v) is 2.59. The minimum absolute atomic E-state index is 0.329. The molecule has 1 aromatic rings. The molecule has 17 heavy (non-hydrogen) atoms. The van der Waals surface area contributed by atoms with Crippen LogP contribution in [0.25, 0.3) is 0 Å². The van der Waals surface area contributed by atoms with Crippen molar-refractivity contribution in [2.75, 3.05) is 30.5 Å². The van der Waals surface area contributed by atoms with Gasteiger partial charge in [0.1, 0.15) is 0 Å². The molecule has 0 spiro atoms. The maximum Gasteiger partial charge on any atom is 0.0547 e. The van der Waals surface area contributed by atoms with Gasteiger partial charge in [0, 0.05) is 18.3 Å². The Hall–Kier alpha value is -0.900. The Morgan fingerprint density at radius 1 is 1.24 bits per heavy atom. The Kier molecular flexibility index (Phi) is 5.62. The highest BCUT2D eigenvalue weighted by molar-refractivity contribution is 8.00. The molecule has 1 rings (SSSR count). The lowest BCUT2D eigenvalue weighted by molar-refractivity contribution is 0.574. The Balaban J connectivity index is 2.65. The van der Waals surface area contributed by atoms with Gasteiger partial charge in [-0.1, -0.05) is 13.8 Å². The fourth-order valence-electron chi connectivity index (χ4n) is 1.80. The molecular weight excluding hydrogens is 230 g/mol. The minimum atomic E-state index is 0.329. The van der Waals surface area contributed by atoms with Crippen molar-refractivity contribution >= 4 is 23.1 Å². The SMILES string of the molecule is CCC(CC)(CNc1cncc(NC)c1)SC. The van der Waals surface area contributed by atoms with Crippen LogP contribution in [0.3, 0.4) is 0 Å². The van der Waals surface area contributed by atoms with Gasteiger partial charge in [-0.3, -0.25) is 4.98 Å². The van der Waals surface area contributed by atoms with E-state index in [-0.39, 0.29) is 0 Å². The largest absolute Gasteiger partial charge is 0.387 e. The number of hydrogen-bond acceptors (Lipinski definition) is 4. The van der Waals surface area contributed by atoms with E-state index in [1.807, 2.05) is 31.2 Å². The van der Waals surface area contributed by atoms with E-state index in [0.29, 0.717) is 4.75 Å². The highest BCUT2D eigenvalue weighted by atomic mass is 32.2. The van der Waals surface area contributed by atoms with Gasteiger partial charge < -0.3 is 10.6 Å². The highest BCUT2D eigenvalue weighted by Gasteiger charge is 2.24. The van der Waals surface area contributed by atoms with Crippen LogP contribution in [0.4, 0.5) is 11.4 Å². The van der Waals surface area contributed by atoms with Crippen molar-refractivity contribution in [3.05, 3.63) is 18.5 Å². The molecule has 0 unspecified atom stereocenters. The molecule has 0 aromatic carbocycles. The molecule has 0 aliphatic heterocycles. The maximum atomic E-state index is 4.20. The van der Waals surface area contributed by atoms with E-state index >= 15 is 0 Å². The molecular formula is C13H23N3S. The number of nitrogens with one attached hydrogen (secondary N) is 2. The molecule has 0 saturated carbocycles. The lowest BCUT2D eigenvalue weighted by Crippen LogP contribution is -2.32. The lowest BCUT2D eigenvalue weighted by atomic mass is 10.0. The van der Waals surface area contributed by atoms with E-state index in [1.165, 1.54) is 12.8 Å².